The molecule has 2 aromatic heterocycles. The van der Waals surface area contributed by atoms with Crippen molar-refractivity contribution in [3.63, 3.8) is 0 Å². The van der Waals surface area contributed by atoms with E-state index >= 15 is 0 Å². The zero-order chi connectivity index (χ0) is 13.2. The van der Waals surface area contributed by atoms with Gasteiger partial charge in [0.25, 0.3) is 0 Å². The lowest BCUT2D eigenvalue weighted by atomic mass is 10.2. The van der Waals surface area contributed by atoms with Gasteiger partial charge in [-0.3, -0.25) is 4.57 Å². The van der Waals surface area contributed by atoms with E-state index in [2.05, 4.69) is 11.1 Å². The second kappa shape index (κ2) is 4.46. The van der Waals surface area contributed by atoms with Crippen LogP contribution in [0.15, 0.2) is 48.8 Å². The molecule has 0 fully saturated rings. The first-order valence-corrected chi connectivity index (χ1v) is 5.84. The van der Waals surface area contributed by atoms with Gasteiger partial charge in [-0.25, -0.2) is 4.98 Å². The maximum absolute atomic E-state index is 8.89. The molecule has 0 N–H and O–H groups in total. The van der Waals surface area contributed by atoms with Crippen LogP contribution in [0.25, 0.3) is 16.7 Å². The van der Waals surface area contributed by atoms with Crippen molar-refractivity contribution in [1.29, 1.82) is 5.26 Å². The van der Waals surface area contributed by atoms with Crippen molar-refractivity contribution in [2.75, 3.05) is 7.11 Å². The number of benzene rings is 1. The quantitative estimate of drug-likeness (QED) is 0.701. The molecule has 19 heavy (non-hydrogen) atoms. The van der Waals surface area contributed by atoms with Gasteiger partial charge < -0.3 is 4.74 Å². The van der Waals surface area contributed by atoms with E-state index in [0.717, 1.165) is 22.5 Å². The van der Waals surface area contributed by atoms with Crippen molar-refractivity contribution in [2.24, 2.45) is 0 Å². The molecule has 1 aromatic carbocycles. The molecule has 0 aliphatic rings. The second-order valence-electron chi connectivity index (χ2n) is 4.11. The number of nitrogens with zero attached hydrogens (tertiary/aromatic N) is 3. The summed E-state index contributed by atoms with van der Waals surface area (Å²) in [5.74, 6) is 0.783. The van der Waals surface area contributed by atoms with Crippen LogP contribution < -0.4 is 4.74 Å². The third-order valence-corrected chi connectivity index (χ3v) is 3.00. The molecule has 92 valence electrons. The molecular weight excluding hydrogens is 238 g/mol. The Bertz CT molecular complexity index is 783. The Morgan fingerprint density at radius 1 is 1.26 bits per heavy atom. The van der Waals surface area contributed by atoms with Crippen molar-refractivity contribution >= 4 is 11.0 Å². The summed E-state index contributed by atoms with van der Waals surface area (Å²) in [4.78, 5) is 4.35. The largest absolute Gasteiger partial charge is 0.495 e. The van der Waals surface area contributed by atoms with Gasteiger partial charge >= 0.3 is 0 Å². The first-order valence-electron chi connectivity index (χ1n) is 5.84. The van der Waals surface area contributed by atoms with Crippen LogP contribution in [0.4, 0.5) is 0 Å². The molecule has 0 bridgehead atoms. The van der Waals surface area contributed by atoms with Gasteiger partial charge in [0.2, 0.25) is 0 Å². The summed E-state index contributed by atoms with van der Waals surface area (Å²) in [6.07, 6.45) is 3.50. The van der Waals surface area contributed by atoms with Crippen LogP contribution in [0.2, 0.25) is 0 Å². The molecule has 0 aliphatic heterocycles. The topological polar surface area (TPSA) is 50.8 Å². The lowest BCUT2D eigenvalue weighted by Gasteiger charge is -2.09. The summed E-state index contributed by atoms with van der Waals surface area (Å²) in [6.45, 7) is 0. The fourth-order valence-electron chi connectivity index (χ4n) is 2.11. The Balaban J connectivity index is 2.24. The van der Waals surface area contributed by atoms with Crippen molar-refractivity contribution in [3.8, 4) is 17.5 Å². The van der Waals surface area contributed by atoms with E-state index < -0.39 is 0 Å². The highest BCUT2D eigenvalue weighted by atomic mass is 16.5. The van der Waals surface area contributed by atoms with Gasteiger partial charge in [-0.1, -0.05) is 12.1 Å². The minimum Gasteiger partial charge on any atom is -0.495 e. The molecule has 0 saturated heterocycles. The molecule has 0 aliphatic carbocycles. The van der Waals surface area contributed by atoms with Gasteiger partial charge in [0, 0.05) is 17.8 Å². The number of hydrogen-bond donors (Lipinski definition) is 0. The van der Waals surface area contributed by atoms with E-state index in [1.165, 1.54) is 0 Å². The lowest BCUT2D eigenvalue weighted by Crippen LogP contribution is -1.97. The van der Waals surface area contributed by atoms with Crippen molar-refractivity contribution in [3.05, 3.63) is 54.4 Å². The SMILES string of the molecule is COc1ccccc1-n1ccc2cc(C#N)cnc21. The Morgan fingerprint density at radius 3 is 2.89 bits per heavy atom. The highest BCUT2D eigenvalue weighted by molar-refractivity contribution is 5.79. The van der Waals surface area contributed by atoms with Gasteiger partial charge in [-0.05, 0) is 24.3 Å². The van der Waals surface area contributed by atoms with Crippen molar-refractivity contribution in [2.45, 2.75) is 0 Å². The van der Waals surface area contributed by atoms with Crippen molar-refractivity contribution in [1.82, 2.24) is 9.55 Å². The number of aromatic nitrogens is 2. The van der Waals surface area contributed by atoms with Crippen LogP contribution >= 0.6 is 0 Å². The molecule has 3 rings (SSSR count). The Hall–Kier alpha value is -2.80. The normalized spacial score (nSPS) is 10.3. The minimum absolute atomic E-state index is 0.560. The molecule has 4 heteroatoms. The van der Waals surface area contributed by atoms with Crippen LogP contribution in [0.1, 0.15) is 5.56 Å². The van der Waals surface area contributed by atoms with Crippen LogP contribution in [0.5, 0.6) is 5.75 Å². The van der Waals surface area contributed by atoms with Gasteiger partial charge in [-0.2, -0.15) is 5.26 Å². The summed E-state index contributed by atoms with van der Waals surface area (Å²) in [7, 11) is 1.64. The molecule has 0 amide bonds. The third-order valence-electron chi connectivity index (χ3n) is 3.00. The number of para-hydroxylation sites is 2. The van der Waals surface area contributed by atoms with Gasteiger partial charge in [0.1, 0.15) is 17.5 Å². The average Bonchev–Trinajstić information content (AvgIpc) is 2.89. The fourth-order valence-corrected chi connectivity index (χ4v) is 2.11. The highest BCUT2D eigenvalue weighted by Crippen LogP contribution is 2.26. The summed E-state index contributed by atoms with van der Waals surface area (Å²) >= 11 is 0. The second-order valence-corrected chi connectivity index (χ2v) is 4.11. The molecule has 2 heterocycles. The maximum atomic E-state index is 8.89. The number of methoxy groups -OCH3 is 1. The average molecular weight is 249 g/mol. The Kier molecular flexibility index (Phi) is 2.66. The summed E-state index contributed by atoms with van der Waals surface area (Å²) in [5, 5.41) is 9.82. The molecular formula is C15H11N3O. The number of ether oxygens (including phenoxy) is 1. The van der Waals surface area contributed by atoms with Crippen LogP contribution in [-0.4, -0.2) is 16.7 Å². The number of hydrogen-bond acceptors (Lipinski definition) is 3. The lowest BCUT2D eigenvalue weighted by molar-refractivity contribution is 0.413. The molecule has 0 unspecified atom stereocenters. The molecule has 4 nitrogen and oxygen atoms in total. The van der Waals surface area contributed by atoms with E-state index in [0.29, 0.717) is 5.56 Å². The van der Waals surface area contributed by atoms with Crippen LogP contribution in [0, 0.1) is 11.3 Å². The monoisotopic (exact) mass is 249 g/mol. The number of pyridine rings is 1. The summed E-state index contributed by atoms with van der Waals surface area (Å²) < 4.78 is 7.32. The van der Waals surface area contributed by atoms with E-state index in [1.807, 2.05) is 47.2 Å². The first kappa shape index (κ1) is 11.3. The van der Waals surface area contributed by atoms with Gasteiger partial charge in [0.05, 0.1) is 18.4 Å². The number of fused-ring (bicyclic) bond motifs is 1. The minimum atomic E-state index is 0.560. The smallest absolute Gasteiger partial charge is 0.144 e. The van der Waals surface area contributed by atoms with E-state index in [4.69, 9.17) is 10.00 Å². The van der Waals surface area contributed by atoms with E-state index in [1.54, 1.807) is 13.3 Å². The van der Waals surface area contributed by atoms with E-state index in [9.17, 15) is 0 Å². The van der Waals surface area contributed by atoms with Gasteiger partial charge in [-0.15, -0.1) is 0 Å². The van der Waals surface area contributed by atoms with E-state index in [-0.39, 0.29) is 0 Å². The number of rotatable bonds is 2. The third kappa shape index (κ3) is 1.81. The van der Waals surface area contributed by atoms with Crippen LogP contribution in [0.3, 0.4) is 0 Å². The Morgan fingerprint density at radius 2 is 2.11 bits per heavy atom. The number of nitriles is 1. The molecule has 0 atom stereocenters. The van der Waals surface area contributed by atoms with Crippen molar-refractivity contribution < 1.29 is 4.74 Å². The fraction of sp³-hybridized carbons (Fsp3) is 0.0667. The zero-order valence-corrected chi connectivity index (χ0v) is 10.4. The summed E-state index contributed by atoms with van der Waals surface area (Å²) in [6, 6.07) is 13.6. The predicted molar refractivity (Wildman–Crippen MR) is 72.3 cm³/mol. The molecule has 0 spiro atoms. The molecule has 0 saturated carbocycles. The maximum Gasteiger partial charge on any atom is 0.144 e. The van der Waals surface area contributed by atoms with Crippen LogP contribution in [-0.2, 0) is 0 Å². The van der Waals surface area contributed by atoms with Gasteiger partial charge in [0.15, 0.2) is 0 Å². The Labute approximate surface area is 110 Å². The highest BCUT2D eigenvalue weighted by Gasteiger charge is 2.09. The first-order chi connectivity index (χ1) is 9.33. The summed E-state index contributed by atoms with van der Waals surface area (Å²) in [5.41, 5.74) is 2.30. The molecule has 3 aromatic rings. The standard InChI is InChI=1S/C15H11N3O/c1-19-14-5-3-2-4-13(14)18-7-6-12-8-11(9-16)10-17-15(12)18/h2-8,10H,1H3. The predicted octanol–water partition coefficient (Wildman–Crippen LogP) is 2.91. The molecule has 0 radical (unpaired) electrons. The zero-order valence-electron chi connectivity index (χ0n) is 10.4.